The van der Waals surface area contributed by atoms with Crippen LogP contribution in [-0.4, -0.2) is 50.3 Å². The third kappa shape index (κ3) is 5.80. The van der Waals surface area contributed by atoms with Gasteiger partial charge in [-0.1, -0.05) is 25.7 Å². The molecule has 1 aliphatic carbocycles. The fourth-order valence-electron chi connectivity index (χ4n) is 3.41. The van der Waals surface area contributed by atoms with Crippen LogP contribution in [-0.2, 0) is 4.74 Å². The number of piperidine rings is 1. The maximum absolute atomic E-state index is 5.98. The lowest BCUT2D eigenvalue weighted by Gasteiger charge is -2.28. The van der Waals surface area contributed by atoms with Crippen LogP contribution >= 0.6 is 0 Å². The molecule has 3 nitrogen and oxygen atoms in total. The van der Waals surface area contributed by atoms with Gasteiger partial charge in [0.1, 0.15) is 0 Å². The van der Waals surface area contributed by atoms with Crippen LogP contribution in [0.4, 0.5) is 0 Å². The molecule has 2 rings (SSSR count). The molecule has 112 valence electrons. The van der Waals surface area contributed by atoms with E-state index in [4.69, 9.17) is 4.74 Å². The summed E-state index contributed by atoms with van der Waals surface area (Å²) in [5, 5.41) is 3.38. The second kappa shape index (κ2) is 8.93. The zero-order chi connectivity index (χ0) is 13.3. The highest BCUT2D eigenvalue weighted by molar-refractivity contribution is 4.72. The Balaban J connectivity index is 1.53. The standard InChI is InChI=1S/C16H32N2O/c1-18(15-7-4-2-3-5-8-15)13-6-14-19-16-9-11-17-12-10-16/h15-17H,2-14H2,1H3. The minimum absolute atomic E-state index is 0.518. The summed E-state index contributed by atoms with van der Waals surface area (Å²) in [6, 6.07) is 0.835. The largest absolute Gasteiger partial charge is 0.378 e. The number of ether oxygens (including phenoxy) is 1. The van der Waals surface area contributed by atoms with Crippen molar-refractivity contribution in [2.24, 2.45) is 0 Å². The van der Waals surface area contributed by atoms with Gasteiger partial charge in [0.2, 0.25) is 0 Å². The molecule has 1 saturated heterocycles. The summed E-state index contributed by atoms with van der Waals surface area (Å²) in [6.45, 7) is 4.41. The third-order valence-corrected chi connectivity index (χ3v) is 4.74. The molecule has 0 aromatic rings. The van der Waals surface area contributed by atoms with Gasteiger partial charge in [-0.15, -0.1) is 0 Å². The van der Waals surface area contributed by atoms with Gasteiger partial charge in [-0.05, 0) is 52.2 Å². The topological polar surface area (TPSA) is 24.5 Å². The van der Waals surface area contributed by atoms with Crippen molar-refractivity contribution in [3.63, 3.8) is 0 Å². The lowest BCUT2D eigenvalue weighted by Crippen LogP contribution is -2.34. The lowest BCUT2D eigenvalue weighted by molar-refractivity contribution is 0.0269. The van der Waals surface area contributed by atoms with Gasteiger partial charge < -0.3 is 15.0 Å². The molecule has 19 heavy (non-hydrogen) atoms. The van der Waals surface area contributed by atoms with E-state index in [-0.39, 0.29) is 0 Å². The third-order valence-electron chi connectivity index (χ3n) is 4.74. The van der Waals surface area contributed by atoms with Crippen molar-refractivity contribution < 1.29 is 4.74 Å². The molecule has 0 spiro atoms. The Bertz CT molecular complexity index is 221. The second-order valence-corrected chi connectivity index (χ2v) is 6.30. The fourth-order valence-corrected chi connectivity index (χ4v) is 3.41. The number of hydrogen-bond acceptors (Lipinski definition) is 3. The van der Waals surface area contributed by atoms with Gasteiger partial charge in [-0.3, -0.25) is 0 Å². The van der Waals surface area contributed by atoms with Gasteiger partial charge in [0.25, 0.3) is 0 Å². The van der Waals surface area contributed by atoms with Gasteiger partial charge in [0, 0.05) is 19.2 Å². The fraction of sp³-hybridized carbons (Fsp3) is 1.00. The van der Waals surface area contributed by atoms with Gasteiger partial charge in [-0.25, -0.2) is 0 Å². The normalized spacial score (nSPS) is 23.7. The molecule has 0 amide bonds. The Labute approximate surface area is 119 Å². The predicted molar refractivity (Wildman–Crippen MR) is 80.6 cm³/mol. The molecule has 3 heteroatoms. The van der Waals surface area contributed by atoms with Crippen LogP contribution in [0.15, 0.2) is 0 Å². The quantitative estimate of drug-likeness (QED) is 0.592. The molecule has 1 N–H and O–H groups in total. The molecule has 0 unspecified atom stereocenters. The van der Waals surface area contributed by atoms with Crippen molar-refractivity contribution in [2.45, 2.75) is 69.9 Å². The summed E-state index contributed by atoms with van der Waals surface area (Å²) in [4.78, 5) is 2.58. The minimum Gasteiger partial charge on any atom is -0.378 e. The van der Waals surface area contributed by atoms with Crippen LogP contribution in [0.5, 0.6) is 0 Å². The van der Waals surface area contributed by atoms with E-state index < -0.39 is 0 Å². The SMILES string of the molecule is CN(CCCOC1CCNCC1)C1CCCCCC1. The van der Waals surface area contributed by atoms with Crippen LogP contribution in [0.25, 0.3) is 0 Å². The summed E-state index contributed by atoms with van der Waals surface area (Å²) >= 11 is 0. The Morgan fingerprint density at radius 3 is 2.37 bits per heavy atom. The zero-order valence-corrected chi connectivity index (χ0v) is 12.7. The van der Waals surface area contributed by atoms with Crippen molar-refractivity contribution in [3.8, 4) is 0 Å². The molecule has 0 aromatic carbocycles. The molecule has 2 fully saturated rings. The molecule has 0 bridgehead atoms. The van der Waals surface area contributed by atoms with E-state index in [1.165, 1.54) is 64.3 Å². The van der Waals surface area contributed by atoms with Gasteiger partial charge >= 0.3 is 0 Å². The van der Waals surface area contributed by atoms with E-state index in [1.54, 1.807) is 0 Å². The maximum atomic E-state index is 5.98. The number of rotatable bonds is 6. The molecule has 0 atom stereocenters. The van der Waals surface area contributed by atoms with E-state index >= 15 is 0 Å². The molecule has 1 heterocycles. The molecule has 1 aliphatic heterocycles. The van der Waals surface area contributed by atoms with Crippen LogP contribution < -0.4 is 5.32 Å². The van der Waals surface area contributed by atoms with Crippen LogP contribution in [0.1, 0.15) is 57.8 Å². The number of nitrogens with zero attached hydrogens (tertiary/aromatic N) is 1. The first-order chi connectivity index (χ1) is 9.36. The first-order valence-electron chi connectivity index (χ1n) is 8.39. The summed E-state index contributed by atoms with van der Waals surface area (Å²) in [5.74, 6) is 0. The average Bonchev–Trinajstić information content (AvgIpc) is 2.73. The molecule has 0 radical (unpaired) electrons. The second-order valence-electron chi connectivity index (χ2n) is 6.30. The molecule has 2 aliphatic rings. The lowest BCUT2D eigenvalue weighted by atomic mass is 10.1. The van der Waals surface area contributed by atoms with Crippen molar-refractivity contribution in [1.29, 1.82) is 0 Å². The van der Waals surface area contributed by atoms with E-state index in [0.29, 0.717) is 6.10 Å². The Morgan fingerprint density at radius 1 is 1.00 bits per heavy atom. The number of nitrogens with one attached hydrogen (secondary N) is 1. The van der Waals surface area contributed by atoms with Gasteiger partial charge in [0.15, 0.2) is 0 Å². The van der Waals surface area contributed by atoms with E-state index in [0.717, 1.165) is 25.7 Å². The van der Waals surface area contributed by atoms with E-state index in [9.17, 15) is 0 Å². The summed E-state index contributed by atoms with van der Waals surface area (Å²) in [6.07, 6.45) is 12.7. The first-order valence-corrected chi connectivity index (χ1v) is 8.39. The predicted octanol–water partition coefficient (Wildman–Crippen LogP) is 2.80. The van der Waals surface area contributed by atoms with Crippen molar-refractivity contribution in [2.75, 3.05) is 33.3 Å². The van der Waals surface area contributed by atoms with E-state index in [1.807, 2.05) is 0 Å². The summed E-state index contributed by atoms with van der Waals surface area (Å²) in [7, 11) is 2.31. The maximum Gasteiger partial charge on any atom is 0.0599 e. The van der Waals surface area contributed by atoms with Gasteiger partial charge in [0.05, 0.1) is 6.10 Å². The highest BCUT2D eigenvalue weighted by Crippen LogP contribution is 2.21. The molecular weight excluding hydrogens is 236 g/mol. The Hall–Kier alpha value is -0.120. The Kier molecular flexibility index (Phi) is 7.18. The molecule has 0 aromatic heterocycles. The van der Waals surface area contributed by atoms with E-state index in [2.05, 4.69) is 17.3 Å². The van der Waals surface area contributed by atoms with Crippen molar-refractivity contribution in [1.82, 2.24) is 10.2 Å². The zero-order valence-electron chi connectivity index (χ0n) is 12.7. The smallest absolute Gasteiger partial charge is 0.0599 e. The average molecular weight is 268 g/mol. The first kappa shape index (κ1) is 15.3. The highest BCUT2D eigenvalue weighted by Gasteiger charge is 2.17. The molecule has 1 saturated carbocycles. The highest BCUT2D eigenvalue weighted by atomic mass is 16.5. The number of hydrogen-bond donors (Lipinski definition) is 1. The van der Waals surface area contributed by atoms with Crippen LogP contribution in [0.3, 0.4) is 0 Å². The van der Waals surface area contributed by atoms with Crippen LogP contribution in [0.2, 0.25) is 0 Å². The summed E-state index contributed by atoms with van der Waals surface area (Å²) < 4.78 is 5.98. The van der Waals surface area contributed by atoms with Gasteiger partial charge in [-0.2, -0.15) is 0 Å². The van der Waals surface area contributed by atoms with Crippen molar-refractivity contribution in [3.05, 3.63) is 0 Å². The van der Waals surface area contributed by atoms with Crippen molar-refractivity contribution >= 4 is 0 Å². The summed E-state index contributed by atoms with van der Waals surface area (Å²) in [5.41, 5.74) is 0. The van der Waals surface area contributed by atoms with Crippen LogP contribution in [0, 0.1) is 0 Å². The Morgan fingerprint density at radius 2 is 1.68 bits per heavy atom. The molecular formula is C16H32N2O. The minimum atomic E-state index is 0.518. The monoisotopic (exact) mass is 268 g/mol.